The molecule has 1 aliphatic heterocycles. The molecule has 0 aromatic heterocycles. The van der Waals surface area contributed by atoms with E-state index < -0.39 is 17.7 Å². The van der Waals surface area contributed by atoms with Crippen LogP contribution in [0, 0.1) is 6.92 Å². The van der Waals surface area contributed by atoms with Gasteiger partial charge in [0.15, 0.2) is 0 Å². The number of carbonyl (C=O) groups is 1. The van der Waals surface area contributed by atoms with E-state index in [1.807, 2.05) is 39.8 Å². The zero-order valence-electron chi connectivity index (χ0n) is 13.7. The molecule has 1 aliphatic rings. The van der Waals surface area contributed by atoms with Crippen molar-refractivity contribution in [1.29, 1.82) is 0 Å². The Kier molecular flexibility index (Phi) is 4.78. The monoisotopic (exact) mass is 307 g/mol. The van der Waals surface area contributed by atoms with E-state index in [0.717, 1.165) is 28.7 Å². The molecule has 5 nitrogen and oxygen atoms in total. The number of aryl methyl sites for hydroxylation is 1. The van der Waals surface area contributed by atoms with Gasteiger partial charge >= 0.3 is 6.09 Å². The van der Waals surface area contributed by atoms with Crippen LogP contribution in [0.25, 0.3) is 0 Å². The minimum Gasteiger partial charge on any atom is -0.444 e. The second kappa shape index (κ2) is 6.26. The van der Waals surface area contributed by atoms with Crippen molar-refractivity contribution in [3.05, 3.63) is 34.4 Å². The molecule has 0 fully saturated rings. The fourth-order valence-corrected chi connectivity index (χ4v) is 2.83. The zero-order chi connectivity index (χ0) is 16.5. The summed E-state index contributed by atoms with van der Waals surface area (Å²) in [6.07, 6.45) is 0.306. The number of benzene rings is 1. The third kappa shape index (κ3) is 3.42. The highest BCUT2D eigenvalue weighted by molar-refractivity contribution is 5.69. The third-order valence-electron chi connectivity index (χ3n) is 3.93. The maximum atomic E-state index is 12.4. The standard InChI is InChI=1S/C17H25NO4/c1-11-7-12-5-6-18(16(21)22-17(2,3)4)15(10-20)14(12)8-13(11)9-19/h7-8,15,19-20H,5-6,9-10H2,1-4H3. The van der Waals surface area contributed by atoms with Crippen molar-refractivity contribution in [2.75, 3.05) is 13.2 Å². The van der Waals surface area contributed by atoms with E-state index >= 15 is 0 Å². The molecule has 1 heterocycles. The van der Waals surface area contributed by atoms with Crippen LogP contribution in [0.5, 0.6) is 0 Å². The van der Waals surface area contributed by atoms with Gasteiger partial charge in [-0.2, -0.15) is 0 Å². The topological polar surface area (TPSA) is 70.0 Å². The largest absolute Gasteiger partial charge is 0.444 e. The first-order valence-electron chi connectivity index (χ1n) is 7.60. The first-order valence-corrected chi connectivity index (χ1v) is 7.60. The minimum atomic E-state index is -0.569. The first-order chi connectivity index (χ1) is 10.3. The van der Waals surface area contributed by atoms with E-state index in [0.29, 0.717) is 6.54 Å². The van der Waals surface area contributed by atoms with Gasteiger partial charge in [0.05, 0.1) is 19.3 Å². The summed E-state index contributed by atoms with van der Waals surface area (Å²) in [7, 11) is 0. The van der Waals surface area contributed by atoms with Crippen LogP contribution in [0.3, 0.4) is 0 Å². The fraction of sp³-hybridized carbons (Fsp3) is 0.588. The molecule has 1 unspecified atom stereocenters. The number of hydrogen-bond donors (Lipinski definition) is 2. The minimum absolute atomic E-state index is 0.0519. The van der Waals surface area contributed by atoms with Gasteiger partial charge in [0.1, 0.15) is 5.60 Å². The first kappa shape index (κ1) is 16.8. The van der Waals surface area contributed by atoms with Crippen LogP contribution in [0.15, 0.2) is 12.1 Å². The van der Waals surface area contributed by atoms with Gasteiger partial charge in [-0.1, -0.05) is 12.1 Å². The van der Waals surface area contributed by atoms with E-state index in [-0.39, 0.29) is 13.2 Å². The zero-order valence-corrected chi connectivity index (χ0v) is 13.7. The lowest BCUT2D eigenvalue weighted by Crippen LogP contribution is -2.44. The Morgan fingerprint density at radius 1 is 1.36 bits per heavy atom. The molecule has 2 N–H and O–H groups in total. The molecule has 1 aromatic carbocycles. The van der Waals surface area contributed by atoms with Crippen molar-refractivity contribution in [1.82, 2.24) is 4.90 Å². The average molecular weight is 307 g/mol. The Hall–Kier alpha value is -1.59. The van der Waals surface area contributed by atoms with Crippen molar-refractivity contribution < 1.29 is 19.7 Å². The molecular formula is C17H25NO4. The van der Waals surface area contributed by atoms with Crippen LogP contribution in [0.1, 0.15) is 49.1 Å². The molecular weight excluding hydrogens is 282 g/mol. The molecule has 0 saturated carbocycles. The molecule has 22 heavy (non-hydrogen) atoms. The molecule has 2 rings (SSSR count). The predicted octanol–water partition coefficient (Wildman–Crippen LogP) is 2.31. The van der Waals surface area contributed by atoms with Gasteiger partial charge in [-0.25, -0.2) is 4.79 Å². The van der Waals surface area contributed by atoms with Gasteiger partial charge in [0.2, 0.25) is 0 Å². The van der Waals surface area contributed by atoms with Crippen LogP contribution in [-0.2, 0) is 17.8 Å². The molecule has 0 radical (unpaired) electrons. The van der Waals surface area contributed by atoms with Crippen LogP contribution >= 0.6 is 0 Å². The number of carbonyl (C=O) groups excluding carboxylic acids is 1. The quantitative estimate of drug-likeness (QED) is 0.879. The summed E-state index contributed by atoms with van der Waals surface area (Å²) < 4.78 is 5.43. The van der Waals surface area contributed by atoms with Crippen LogP contribution in [0.4, 0.5) is 4.79 Å². The van der Waals surface area contributed by atoms with Crippen molar-refractivity contribution in [3.63, 3.8) is 0 Å². The van der Waals surface area contributed by atoms with Gasteiger partial charge in [-0.3, -0.25) is 4.90 Å². The van der Waals surface area contributed by atoms with E-state index in [1.54, 1.807) is 4.90 Å². The Balaban J connectivity index is 2.34. The average Bonchev–Trinajstić information content (AvgIpc) is 2.43. The lowest BCUT2D eigenvalue weighted by Gasteiger charge is -2.37. The van der Waals surface area contributed by atoms with Crippen LogP contribution in [0.2, 0.25) is 0 Å². The normalized spacial score (nSPS) is 18.1. The second-order valence-electron chi connectivity index (χ2n) is 6.76. The van der Waals surface area contributed by atoms with Crippen molar-refractivity contribution in [2.24, 2.45) is 0 Å². The predicted molar refractivity (Wildman–Crippen MR) is 83.6 cm³/mol. The number of hydrogen-bond acceptors (Lipinski definition) is 4. The van der Waals surface area contributed by atoms with E-state index in [9.17, 15) is 15.0 Å². The van der Waals surface area contributed by atoms with Crippen LogP contribution in [-0.4, -0.2) is 40.0 Å². The van der Waals surface area contributed by atoms with E-state index in [2.05, 4.69) is 0 Å². The Labute approximate surface area is 131 Å². The molecule has 0 saturated heterocycles. The summed E-state index contributed by atoms with van der Waals surface area (Å²) >= 11 is 0. The second-order valence-corrected chi connectivity index (χ2v) is 6.76. The van der Waals surface area contributed by atoms with Crippen molar-refractivity contribution in [3.8, 4) is 0 Å². The maximum absolute atomic E-state index is 12.4. The number of amides is 1. The fourth-order valence-electron chi connectivity index (χ4n) is 2.83. The van der Waals surface area contributed by atoms with Gasteiger partial charge in [-0.05, 0) is 56.4 Å². The molecule has 0 spiro atoms. The van der Waals surface area contributed by atoms with E-state index in [4.69, 9.17) is 4.74 Å². The number of rotatable bonds is 2. The number of fused-ring (bicyclic) bond motifs is 1. The van der Waals surface area contributed by atoms with Gasteiger partial charge in [0.25, 0.3) is 0 Å². The highest BCUT2D eigenvalue weighted by Gasteiger charge is 2.33. The molecule has 1 atom stereocenters. The van der Waals surface area contributed by atoms with E-state index in [1.165, 1.54) is 0 Å². The summed E-state index contributed by atoms with van der Waals surface area (Å²) in [6.45, 7) is 7.73. The summed E-state index contributed by atoms with van der Waals surface area (Å²) in [5.74, 6) is 0. The summed E-state index contributed by atoms with van der Waals surface area (Å²) in [4.78, 5) is 13.9. The molecule has 1 aromatic rings. The molecule has 5 heteroatoms. The van der Waals surface area contributed by atoms with Gasteiger partial charge in [-0.15, -0.1) is 0 Å². The van der Waals surface area contributed by atoms with Gasteiger partial charge < -0.3 is 14.9 Å². The molecule has 0 bridgehead atoms. The molecule has 0 aliphatic carbocycles. The van der Waals surface area contributed by atoms with Crippen molar-refractivity contribution in [2.45, 2.75) is 52.4 Å². The number of ether oxygens (including phenoxy) is 1. The smallest absolute Gasteiger partial charge is 0.410 e. The summed E-state index contributed by atoms with van der Waals surface area (Å²) in [6, 6.07) is 3.50. The van der Waals surface area contributed by atoms with Gasteiger partial charge in [0, 0.05) is 6.54 Å². The summed E-state index contributed by atoms with van der Waals surface area (Å²) in [5.41, 5.74) is 3.30. The molecule has 122 valence electrons. The SMILES string of the molecule is Cc1cc2c(cc1CO)C(CO)N(C(=O)OC(C)(C)C)CC2. The lowest BCUT2D eigenvalue weighted by molar-refractivity contribution is 0.00693. The Bertz CT molecular complexity index is 563. The third-order valence-corrected chi connectivity index (χ3v) is 3.93. The number of nitrogens with zero attached hydrogens (tertiary/aromatic N) is 1. The Morgan fingerprint density at radius 2 is 2.05 bits per heavy atom. The Morgan fingerprint density at radius 3 is 2.59 bits per heavy atom. The highest BCUT2D eigenvalue weighted by atomic mass is 16.6. The summed E-state index contributed by atoms with van der Waals surface area (Å²) in [5, 5.41) is 19.2. The number of aliphatic hydroxyl groups excluding tert-OH is 2. The lowest BCUT2D eigenvalue weighted by atomic mass is 9.89. The van der Waals surface area contributed by atoms with Crippen molar-refractivity contribution >= 4 is 6.09 Å². The highest BCUT2D eigenvalue weighted by Crippen LogP contribution is 2.32. The maximum Gasteiger partial charge on any atom is 0.410 e. The molecule has 1 amide bonds. The van der Waals surface area contributed by atoms with Crippen LogP contribution < -0.4 is 0 Å². The number of aliphatic hydroxyl groups is 2.